The molecule has 0 bridgehead atoms. The smallest absolute Gasteiger partial charge is 0.238 e. The Morgan fingerprint density at radius 3 is 2.46 bits per heavy atom. The molecule has 2 aromatic carbocycles. The molecular weight excluding hydrogens is 355 g/mol. The Hall–Kier alpha value is -2.25. The highest BCUT2D eigenvalue weighted by atomic mass is 32.2. The van der Waals surface area contributed by atoms with Gasteiger partial charge < -0.3 is 5.32 Å². The van der Waals surface area contributed by atoms with Gasteiger partial charge in [-0.05, 0) is 24.1 Å². The molecule has 1 aliphatic rings. The van der Waals surface area contributed by atoms with Crippen LogP contribution in [0.15, 0.2) is 54.6 Å². The number of nitrogens with one attached hydrogen (secondary N) is 1. The molecule has 7 heteroatoms. The number of benzene rings is 2. The van der Waals surface area contributed by atoms with Crippen LogP contribution in [0, 0.1) is 5.82 Å². The molecule has 138 valence electrons. The summed E-state index contributed by atoms with van der Waals surface area (Å²) in [6.45, 7) is 0.467. The third-order valence-electron chi connectivity index (χ3n) is 4.45. The van der Waals surface area contributed by atoms with Crippen LogP contribution in [0.25, 0.3) is 0 Å². The summed E-state index contributed by atoms with van der Waals surface area (Å²) in [4.78, 5) is 14.3. The van der Waals surface area contributed by atoms with E-state index in [1.165, 1.54) is 12.1 Å². The summed E-state index contributed by atoms with van der Waals surface area (Å²) in [5.41, 5.74) is 1.12. The number of para-hydroxylation sites is 1. The van der Waals surface area contributed by atoms with Crippen molar-refractivity contribution in [2.75, 3.05) is 23.4 Å². The van der Waals surface area contributed by atoms with Crippen molar-refractivity contribution in [3.05, 3.63) is 66.0 Å². The fourth-order valence-electron chi connectivity index (χ4n) is 3.13. The molecule has 26 heavy (non-hydrogen) atoms. The van der Waals surface area contributed by atoms with E-state index < -0.39 is 15.7 Å². The minimum atomic E-state index is -3.07. The number of hydrogen-bond acceptors (Lipinski definition) is 4. The van der Waals surface area contributed by atoms with Crippen LogP contribution >= 0.6 is 0 Å². The molecule has 3 rings (SSSR count). The molecule has 2 aromatic rings. The average molecular weight is 376 g/mol. The number of nitrogens with zero attached hydrogens (tertiary/aromatic N) is 1. The van der Waals surface area contributed by atoms with Crippen LogP contribution in [0.5, 0.6) is 0 Å². The lowest BCUT2D eigenvalue weighted by Gasteiger charge is -2.27. The number of halogens is 1. The number of carbonyl (C=O) groups excluding carboxylic acids is 1. The molecule has 1 atom stereocenters. The van der Waals surface area contributed by atoms with E-state index in [2.05, 4.69) is 5.32 Å². The Morgan fingerprint density at radius 1 is 1.12 bits per heavy atom. The highest BCUT2D eigenvalue weighted by Crippen LogP contribution is 2.20. The van der Waals surface area contributed by atoms with Crippen molar-refractivity contribution in [2.45, 2.75) is 19.0 Å². The van der Waals surface area contributed by atoms with E-state index in [-0.39, 0.29) is 35.7 Å². The standard InChI is InChI=1S/C19H21FN2O3S/c20-17-8-4-5-9-18(17)21-19(23)13-22(12-15-6-2-1-3-7-15)16-10-11-26(24,25)14-16/h1-9,16H,10-14H2,(H,21,23)/t16-/m0/s1. The molecule has 1 fully saturated rings. The minimum Gasteiger partial charge on any atom is -0.322 e. The van der Waals surface area contributed by atoms with Crippen molar-refractivity contribution in [3.8, 4) is 0 Å². The normalized spacial score (nSPS) is 18.8. The Balaban J connectivity index is 1.72. The van der Waals surface area contributed by atoms with Crippen molar-refractivity contribution in [3.63, 3.8) is 0 Å². The second-order valence-corrected chi connectivity index (χ2v) is 8.70. The number of sulfone groups is 1. The van der Waals surface area contributed by atoms with Crippen LogP contribution in [0.4, 0.5) is 10.1 Å². The molecule has 0 spiro atoms. The van der Waals surface area contributed by atoms with Crippen LogP contribution in [-0.2, 0) is 21.2 Å². The van der Waals surface area contributed by atoms with Gasteiger partial charge in [0, 0.05) is 12.6 Å². The third kappa shape index (κ3) is 4.89. The average Bonchev–Trinajstić information content (AvgIpc) is 2.97. The summed E-state index contributed by atoms with van der Waals surface area (Å²) in [6.07, 6.45) is 0.502. The van der Waals surface area contributed by atoms with E-state index in [1.807, 2.05) is 35.2 Å². The molecule has 0 aliphatic carbocycles. The number of rotatable bonds is 6. The molecule has 0 radical (unpaired) electrons. The lowest BCUT2D eigenvalue weighted by molar-refractivity contribution is -0.117. The maximum Gasteiger partial charge on any atom is 0.238 e. The zero-order chi connectivity index (χ0) is 18.6. The first kappa shape index (κ1) is 18.5. The van der Waals surface area contributed by atoms with E-state index in [0.717, 1.165) is 5.56 Å². The third-order valence-corrected chi connectivity index (χ3v) is 6.20. The molecule has 1 heterocycles. The van der Waals surface area contributed by atoms with Crippen LogP contribution < -0.4 is 5.32 Å². The second kappa shape index (κ2) is 7.97. The first-order chi connectivity index (χ1) is 12.4. The molecule has 0 unspecified atom stereocenters. The minimum absolute atomic E-state index is 0.00339. The summed E-state index contributed by atoms with van der Waals surface area (Å²) in [7, 11) is -3.07. The maximum absolute atomic E-state index is 13.7. The van der Waals surface area contributed by atoms with Gasteiger partial charge in [0.15, 0.2) is 9.84 Å². The van der Waals surface area contributed by atoms with Gasteiger partial charge in [-0.3, -0.25) is 9.69 Å². The first-order valence-electron chi connectivity index (χ1n) is 8.46. The molecule has 0 aromatic heterocycles. The van der Waals surface area contributed by atoms with E-state index in [4.69, 9.17) is 0 Å². The molecule has 1 amide bonds. The van der Waals surface area contributed by atoms with Crippen LogP contribution in [0.1, 0.15) is 12.0 Å². The van der Waals surface area contributed by atoms with Crippen molar-refractivity contribution >= 4 is 21.4 Å². The highest BCUT2D eigenvalue weighted by Gasteiger charge is 2.33. The van der Waals surface area contributed by atoms with Gasteiger partial charge in [0.05, 0.1) is 23.7 Å². The van der Waals surface area contributed by atoms with Gasteiger partial charge in [-0.2, -0.15) is 0 Å². The topological polar surface area (TPSA) is 66.5 Å². The van der Waals surface area contributed by atoms with Crippen LogP contribution in [0.2, 0.25) is 0 Å². The van der Waals surface area contributed by atoms with E-state index in [1.54, 1.807) is 12.1 Å². The summed E-state index contributed by atoms with van der Waals surface area (Å²) >= 11 is 0. The summed E-state index contributed by atoms with van der Waals surface area (Å²) in [5.74, 6) is -0.681. The van der Waals surface area contributed by atoms with Crippen LogP contribution in [-0.4, -0.2) is 43.3 Å². The quantitative estimate of drug-likeness (QED) is 0.841. The molecule has 0 saturated carbocycles. The lowest BCUT2D eigenvalue weighted by Crippen LogP contribution is -2.41. The largest absolute Gasteiger partial charge is 0.322 e. The van der Waals surface area contributed by atoms with Crippen molar-refractivity contribution in [1.29, 1.82) is 0 Å². The van der Waals surface area contributed by atoms with Crippen LogP contribution in [0.3, 0.4) is 0 Å². The number of amides is 1. The van der Waals surface area contributed by atoms with E-state index >= 15 is 0 Å². The fourth-order valence-corrected chi connectivity index (χ4v) is 4.89. The summed E-state index contributed by atoms with van der Waals surface area (Å²) in [5, 5.41) is 2.57. The SMILES string of the molecule is O=C(CN(Cc1ccccc1)[C@H]1CCS(=O)(=O)C1)Nc1ccccc1F. The Morgan fingerprint density at radius 2 is 1.81 bits per heavy atom. The maximum atomic E-state index is 13.7. The zero-order valence-electron chi connectivity index (χ0n) is 14.3. The van der Waals surface area contributed by atoms with Gasteiger partial charge in [-0.25, -0.2) is 12.8 Å². The van der Waals surface area contributed by atoms with Gasteiger partial charge in [0.2, 0.25) is 5.91 Å². The van der Waals surface area contributed by atoms with Crippen molar-refractivity contribution in [2.24, 2.45) is 0 Å². The predicted octanol–water partition coefficient (Wildman–Crippen LogP) is 2.45. The lowest BCUT2D eigenvalue weighted by atomic mass is 10.1. The zero-order valence-corrected chi connectivity index (χ0v) is 15.1. The van der Waals surface area contributed by atoms with Gasteiger partial charge >= 0.3 is 0 Å². The summed E-state index contributed by atoms with van der Waals surface area (Å²) < 4.78 is 37.4. The number of carbonyl (C=O) groups is 1. The number of hydrogen-bond donors (Lipinski definition) is 1. The molecular formula is C19H21FN2O3S. The number of anilines is 1. The van der Waals surface area contributed by atoms with Gasteiger partial charge in [0.25, 0.3) is 0 Å². The molecule has 1 N–H and O–H groups in total. The fraction of sp³-hybridized carbons (Fsp3) is 0.316. The van der Waals surface area contributed by atoms with Gasteiger partial charge in [-0.1, -0.05) is 42.5 Å². The van der Waals surface area contributed by atoms with Gasteiger partial charge in [0.1, 0.15) is 5.82 Å². The Bertz CT molecular complexity index is 871. The van der Waals surface area contributed by atoms with E-state index in [9.17, 15) is 17.6 Å². The summed E-state index contributed by atoms with van der Waals surface area (Å²) in [6, 6.07) is 15.3. The monoisotopic (exact) mass is 376 g/mol. The predicted molar refractivity (Wildman–Crippen MR) is 98.9 cm³/mol. The molecule has 1 saturated heterocycles. The molecule has 5 nitrogen and oxygen atoms in total. The van der Waals surface area contributed by atoms with E-state index in [0.29, 0.717) is 13.0 Å². The van der Waals surface area contributed by atoms with Gasteiger partial charge in [-0.15, -0.1) is 0 Å². The van der Waals surface area contributed by atoms with Crippen molar-refractivity contribution < 1.29 is 17.6 Å². The highest BCUT2D eigenvalue weighted by molar-refractivity contribution is 7.91. The first-order valence-corrected chi connectivity index (χ1v) is 10.3. The Labute approximate surface area is 152 Å². The van der Waals surface area contributed by atoms with Crippen molar-refractivity contribution in [1.82, 2.24) is 4.90 Å². The molecule has 1 aliphatic heterocycles. The second-order valence-electron chi connectivity index (χ2n) is 6.48. The Kier molecular flexibility index (Phi) is 5.68.